The van der Waals surface area contributed by atoms with Gasteiger partial charge < -0.3 is 20.3 Å². The minimum atomic E-state index is -0.0959. The molecule has 0 saturated carbocycles. The molecule has 2 aromatic carbocycles. The number of nitrogens with one attached hydrogen (secondary N) is 2. The lowest BCUT2D eigenvalue weighted by Crippen LogP contribution is -2.40. The average molecular weight is 485 g/mol. The molecule has 1 saturated heterocycles. The van der Waals surface area contributed by atoms with E-state index in [-0.39, 0.29) is 17.9 Å². The highest BCUT2D eigenvalue weighted by Gasteiger charge is 2.18. The van der Waals surface area contributed by atoms with Gasteiger partial charge in [-0.1, -0.05) is 12.1 Å². The van der Waals surface area contributed by atoms with E-state index in [4.69, 9.17) is 4.74 Å². The van der Waals surface area contributed by atoms with Crippen LogP contribution < -0.4 is 10.6 Å². The third-order valence-electron chi connectivity index (χ3n) is 5.93. The molecule has 0 bridgehead atoms. The maximum absolute atomic E-state index is 12.7. The minimum absolute atomic E-state index is 0.00746. The van der Waals surface area contributed by atoms with Gasteiger partial charge in [0.15, 0.2) is 5.65 Å². The highest BCUT2D eigenvalue weighted by atomic mass is 16.5. The molecule has 9 heteroatoms. The quantitative estimate of drug-likeness (QED) is 0.432. The van der Waals surface area contributed by atoms with Gasteiger partial charge in [-0.15, -0.1) is 5.10 Å². The summed E-state index contributed by atoms with van der Waals surface area (Å²) in [6.07, 6.45) is 1.84. The summed E-state index contributed by atoms with van der Waals surface area (Å²) in [5, 5.41) is 10.7. The molecule has 3 heterocycles. The number of anilines is 2. The van der Waals surface area contributed by atoms with E-state index in [2.05, 4.69) is 20.7 Å². The first-order chi connectivity index (χ1) is 17.5. The molecule has 2 aromatic heterocycles. The Morgan fingerprint density at radius 1 is 0.944 bits per heavy atom. The van der Waals surface area contributed by atoms with Gasteiger partial charge in [0.1, 0.15) is 0 Å². The van der Waals surface area contributed by atoms with E-state index >= 15 is 0 Å². The summed E-state index contributed by atoms with van der Waals surface area (Å²) in [7, 11) is 0. The van der Waals surface area contributed by atoms with Crippen molar-refractivity contribution in [3.63, 3.8) is 0 Å². The van der Waals surface area contributed by atoms with E-state index in [9.17, 15) is 9.59 Å². The van der Waals surface area contributed by atoms with Crippen molar-refractivity contribution >= 4 is 29.1 Å². The zero-order chi connectivity index (χ0) is 25.1. The molecule has 2 amide bonds. The summed E-state index contributed by atoms with van der Waals surface area (Å²) in [5.41, 5.74) is 4.56. The molecule has 9 nitrogen and oxygen atoms in total. The van der Waals surface area contributed by atoms with Crippen molar-refractivity contribution < 1.29 is 14.3 Å². The smallest absolute Gasteiger partial charge is 0.254 e. The lowest BCUT2D eigenvalue weighted by atomic mass is 10.0. The molecule has 184 valence electrons. The zero-order valence-electron chi connectivity index (χ0n) is 20.3. The van der Waals surface area contributed by atoms with Crippen molar-refractivity contribution in [2.24, 2.45) is 0 Å². The van der Waals surface area contributed by atoms with Crippen LogP contribution in [0.4, 0.5) is 11.6 Å². The van der Waals surface area contributed by atoms with Gasteiger partial charge in [-0.2, -0.15) is 4.98 Å². The molecule has 0 unspecified atom stereocenters. The van der Waals surface area contributed by atoms with Gasteiger partial charge in [0.2, 0.25) is 5.95 Å². The predicted molar refractivity (Wildman–Crippen MR) is 137 cm³/mol. The molecule has 5 rings (SSSR count). The SMILES string of the molecule is CC(C)NC(=O)c1ccc(-c2cccn3nc(Nc4ccc(C(=O)N5CCOCC5)cc4)nc23)cc1. The second kappa shape index (κ2) is 10.2. The number of hydrogen-bond donors (Lipinski definition) is 2. The molecule has 1 fully saturated rings. The molecule has 0 radical (unpaired) electrons. The van der Waals surface area contributed by atoms with Gasteiger partial charge in [0, 0.05) is 47.7 Å². The number of benzene rings is 2. The molecule has 0 atom stereocenters. The standard InChI is InChI=1S/C27H28N6O3/c1-18(2)28-25(34)20-7-5-19(6-8-20)23-4-3-13-33-24(23)30-27(31-33)29-22-11-9-21(10-12-22)26(35)32-14-16-36-17-15-32/h3-13,18H,14-17H2,1-2H3,(H,28,34)(H,29,31). The molecule has 0 aliphatic carbocycles. The lowest BCUT2D eigenvalue weighted by molar-refractivity contribution is 0.0303. The molecule has 36 heavy (non-hydrogen) atoms. The first-order valence-corrected chi connectivity index (χ1v) is 12.0. The van der Waals surface area contributed by atoms with Crippen molar-refractivity contribution in [2.75, 3.05) is 31.6 Å². The van der Waals surface area contributed by atoms with Crippen LogP contribution >= 0.6 is 0 Å². The monoisotopic (exact) mass is 484 g/mol. The number of nitrogens with zero attached hydrogens (tertiary/aromatic N) is 4. The maximum atomic E-state index is 12.7. The van der Waals surface area contributed by atoms with Crippen molar-refractivity contribution in [3.05, 3.63) is 78.0 Å². The van der Waals surface area contributed by atoms with E-state index in [0.29, 0.717) is 49.0 Å². The van der Waals surface area contributed by atoms with Gasteiger partial charge in [0.05, 0.1) is 13.2 Å². The Bertz CT molecular complexity index is 1370. The summed E-state index contributed by atoms with van der Waals surface area (Å²) in [6, 6.07) is 18.7. The average Bonchev–Trinajstić information content (AvgIpc) is 3.31. The van der Waals surface area contributed by atoms with E-state index in [1.807, 2.05) is 68.6 Å². The third kappa shape index (κ3) is 5.06. The molecule has 0 spiro atoms. The zero-order valence-corrected chi connectivity index (χ0v) is 20.3. The van der Waals surface area contributed by atoms with Crippen molar-refractivity contribution in [2.45, 2.75) is 19.9 Å². The third-order valence-corrected chi connectivity index (χ3v) is 5.93. The Hall–Kier alpha value is -4.24. The fourth-order valence-electron chi connectivity index (χ4n) is 4.11. The largest absolute Gasteiger partial charge is 0.378 e. The Morgan fingerprint density at radius 2 is 1.64 bits per heavy atom. The van der Waals surface area contributed by atoms with Gasteiger partial charge in [0.25, 0.3) is 11.8 Å². The van der Waals surface area contributed by atoms with Crippen LogP contribution in [0, 0.1) is 0 Å². The summed E-state index contributed by atoms with van der Waals surface area (Å²) in [6.45, 7) is 6.24. The number of pyridine rings is 1. The number of ether oxygens (including phenoxy) is 1. The van der Waals surface area contributed by atoms with Gasteiger partial charge in [-0.3, -0.25) is 9.59 Å². The Labute approximate surface area is 209 Å². The number of rotatable bonds is 6. The molecule has 1 aliphatic rings. The summed E-state index contributed by atoms with van der Waals surface area (Å²) in [5.74, 6) is 0.358. The number of morpholine rings is 1. The number of amides is 2. The molecule has 1 aliphatic heterocycles. The van der Waals surface area contributed by atoms with E-state index in [0.717, 1.165) is 16.8 Å². The normalized spacial score (nSPS) is 13.7. The molecule has 4 aromatic rings. The van der Waals surface area contributed by atoms with Crippen molar-refractivity contribution in [3.8, 4) is 11.1 Å². The molecular weight excluding hydrogens is 456 g/mol. The fraction of sp³-hybridized carbons (Fsp3) is 0.259. The summed E-state index contributed by atoms with van der Waals surface area (Å²) in [4.78, 5) is 31.4. The Kier molecular flexibility index (Phi) is 6.64. The van der Waals surface area contributed by atoms with E-state index in [1.54, 1.807) is 21.5 Å². The Balaban J connectivity index is 1.33. The summed E-state index contributed by atoms with van der Waals surface area (Å²) >= 11 is 0. The first kappa shape index (κ1) is 23.5. The van der Waals surface area contributed by atoms with Gasteiger partial charge in [-0.05, 0) is 67.9 Å². The van der Waals surface area contributed by atoms with Crippen LogP contribution in [0.15, 0.2) is 66.9 Å². The van der Waals surface area contributed by atoms with E-state index in [1.165, 1.54) is 0 Å². The molecule has 2 N–H and O–H groups in total. The van der Waals surface area contributed by atoms with Crippen molar-refractivity contribution in [1.29, 1.82) is 0 Å². The van der Waals surface area contributed by atoms with Crippen LogP contribution in [0.25, 0.3) is 16.8 Å². The second-order valence-electron chi connectivity index (χ2n) is 8.94. The van der Waals surface area contributed by atoms with Crippen LogP contribution in [0.1, 0.15) is 34.6 Å². The van der Waals surface area contributed by atoms with Crippen molar-refractivity contribution in [1.82, 2.24) is 24.8 Å². The highest BCUT2D eigenvalue weighted by molar-refractivity contribution is 5.95. The van der Waals surface area contributed by atoms with Crippen LogP contribution in [0.3, 0.4) is 0 Å². The lowest BCUT2D eigenvalue weighted by Gasteiger charge is -2.26. The van der Waals surface area contributed by atoms with E-state index < -0.39 is 0 Å². The maximum Gasteiger partial charge on any atom is 0.254 e. The van der Waals surface area contributed by atoms with Crippen LogP contribution in [-0.2, 0) is 4.74 Å². The topological polar surface area (TPSA) is 101 Å². The number of carbonyl (C=O) groups excluding carboxylic acids is 2. The predicted octanol–water partition coefficient (Wildman–Crippen LogP) is 3.75. The van der Waals surface area contributed by atoms with Gasteiger partial charge >= 0.3 is 0 Å². The number of hydrogen-bond acceptors (Lipinski definition) is 6. The fourth-order valence-corrected chi connectivity index (χ4v) is 4.11. The number of fused-ring (bicyclic) bond motifs is 1. The van der Waals surface area contributed by atoms with Crippen LogP contribution in [0.2, 0.25) is 0 Å². The minimum Gasteiger partial charge on any atom is -0.378 e. The Morgan fingerprint density at radius 3 is 2.33 bits per heavy atom. The van der Waals surface area contributed by atoms with Crippen LogP contribution in [0.5, 0.6) is 0 Å². The van der Waals surface area contributed by atoms with Gasteiger partial charge in [-0.25, -0.2) is 4.52 Å². The molecular formula is C27H28N6O3. The summed E-state index contributed by atoms with van der Waals surface area (Å²) < 4.78 is 7.04. The number of carbonyl (C=O) groups is 2. The highest BCUT2D eigenvalue weighted by Crippen LogP contribution is 2.25. The second-order valence-corrected chi connectivity index (χ2v) is 8.94. The van der Waals surface area contributed by atoms with Crippen LogP contribution in [-0.4, -0.2) is 63.7 Å². The number of aromatic nitrogens is 3. The first-order valence-electron chi connectivity index (χ1n) is 12.0.